The number of aromatic nitrogens is 2. The molecular formula is C15H17ClFN3. The molecule has 0 saturated carbocycles. The minimum Gasteiger partial charge on any atom is -0.370 e. The topological polar surface area (TPSA) is 37.8 Å². The SMILES string of the molecule is CCCNc1nc(C)nc(-c2cc(F)cc(Cl)c2)c1C. The van der Waals surface area contributed by atoms with Crippen molar-refractivity contribution < 1.29 is 4.39 Å². The predicted octanol–water partition coefficient (Wildman–Crippen LogP) is 4.37. The van der Waals surface area contributed by atoms with Crippen molar-refractivity contribution in [2.24, 2.45) is 0 Å². The van der Waals surface area contributed by atoms with Gasteiger partial charge in [0.2, 0.25) is 0 Å². The van der Waals surface area contributed by atoms with E-state index in [1.54, 1.807) is 6.07 Å². The van der Waals surface area contributed by atoms with Gasteiger partial charge in [-0.15, -0.1) is 0 Å². The van der Waals surface area contributed by atoms with Gasteiger partial charge in [-0.1, -0.05) is 18.5 Å². The second kappa shape index (κ2) is 6.18. The maximum absolute atomic E-state index is 13.5. The van der Waals surface area contributed by atoms with E-state index in [9.17, 15) is 4.39 Å². The maximum Gasteiger partial charge on any atom is 0.133 e. The second-order valence-corrected chi connectivity index (χ2v) is 5.11. The summed E-state index contributed by atoms with van der Waals surface area (Å²) in [4.78, 5) is 8.81. The molecule has 5 heteroatoms. The van der Waals surface area contributed by atoms with Crippen LogP contribution in [0.4, 0.5) is 10.2 Å². The van der Waals surface area contributed by atoms with Crippen LogP contribution in [0.15, 0.2) is 18.2 Å². The molecule has 1 N–H and O–H groups in total. The van der Waals surface area contributed by atoms with Crippen molar-refractivity contribution in [1.29, 1.82) is 0 Å². The zero-order chi connectivity index (χ0) is 14.7. The average Bonchev–Trinajstić information content (AvgIpc) is 2.38. The first-order valence-electron chi connectivity index (χ1n) is 6.57. The summed E-state index contributed by atoms with van der Waals surface area (Å²) in [5, 5.41) is 3.62. The van der Waals surface area contributed by atoms with Gasteiger partial charge < -0.3 is 5.32 Å². The van der Waals surface area contributed by atoms with Crippen LogP contribution in [0, 0.1) is 19.7 Å². The Morgan fingerprint density at radius 1 is 1.20 bits per heavy atom. The first-order valence-corrected chi connectivity index (χ1v) is 6.94. The molecule has 0 aliphatic heterocycles. The Kier molecular flexibility index (Phi) is 4.55. The lowest BCUT2D eigenvalue weighted by molar-refractivity contribution is 0.628. The van der Waals surface area contributed by atoms with E-state index in [-0.39, 0.29) is 5.82 Å². The van der Waals surface area contributed by atoms with Crippen molar-refractivity contribution in [2.75, 3.05) is 11.9 Å². The van der Waals surface area contributed by atoms with Crippen LogP contribution in [0.2, 0.25) is 5.02 Å². The largest absolute Gasteiger partial charge is 0.370 e. The van der Waals surface area contributed by atoms with Gasteiger partial charge in [0, 0.05) is 22.7 Å². The molecule has 0 saturated heterocycles. The minimum absolute atomic E-state index is 0.360. The number of aryl methyl sites for hydroxylation is 1. The first kappa shape index (κ1) is 14.7. The van der Waals surface area contributed by atoms with Gasteiger partial charge in [0.25, 0.3) is 0 Å². The van der Waals surface area contributed by atoms with Gasteiger partial charge in [-0.25, -0.2) is 14.4 Å². The quantitative estimate of drug-likeness (QED) is 0.909. The fourth-order valence-electron chi connectivity index (χ4n) is 2.02. The number of anilines is 1. The van der Waals surface area contributed by atoms with Crippen molar-refractivity contribution in [1.82, 2.24) is 9.97 Å². The van der Waals surface area contributed by atoms with E-state index in [2.05, 4.69) is 22.2 Å². The zero-order valence-electron chi connectivity index (χ0n) is 11.8. The maximum atomic E-state index is 13.5. The van der Waals surface area contributed by atoms with Crippen molar-refractivity contribution in [2.45, 2.75) is 27.2 Å². The van der Waals surface area contributed by atoms with Crippen LogP contribution in [-0.2, 0) is 0 Å². The van der Waals surface area contributed by atoms with Crippen molar-refractivity contribution >= 4 is 17.4 Å². The number of hydrogen-bond donors (Lipinski definition) is 1. The number of halogens is 2. The second-order valence-electron chi connectivity index (χ2n) is 4.68. The molecule has 3 nitrogen and oxygen atoms in total. The highest BCUT2D eigenvalue weighted by Gasteiger charge is 2.12. The summed E-state index contributed by atoms with van der Waals surface area (Å²) in [6, 6.07) is 4.43. The van der Waals surface area contributed by atoms with E-state index in [1.807, 2.05) is 13.8 Å². The van der Waals surface area contributed by atoms with Crippen molar-refractivity contribution in [3.63, 3.8) is 0 Å². The highest BCUT2D eigenvalue weighted by Crippen LogP contribution is 2.28. The molecule has 106 valence electrons. The van der Waals surface area contributed by atoms with Crippen molar-refractivity contribution in [3.05, 3.63) is 40.4 Å². The van der Waals surface area contributed by atoms with Crippen LogP contribution in [0.3, 0.4) is 0 Å². The molecule has 1 heterocycles. The smallest absolute Gasteiger partial charge is 0.133 e. The van der Waals surface area contributed by atoms with E-state index in [1.165, 1.54) is 12.1 Å². The van der Waals surface area contributed by atoms with Gasteiger partial charge in [-0.05, 0) is 38.5 Å². The van der Waals surface area contributed by atoms with Gasteiger partial charge in [0.1, 0.15) is 17.5 Å². The van der Waals surface area contributed by atoms with Crippen LogP contribution >= 0.6 is 11.6 Å². The molecule has 2 aromatic rings. The third kappa shape index (κ3) is 3.25. The molecule has 0 amide bonds. The molecule has 0 unspecified atom stereocenters. The number of rotatable bonds is 4. The third-order valence-corrected chi connectivity index (χ3v) is 3.15. The number of benzene rings is 1. The van der Waals surface area contributed by atoms with Crippen molar-refractivity contribution in [3.8, 4) is 11.3 Å². The van der Waals surface area contributed by atoms with Crippen LogP contribution in [0.1, 0.15) is 24.7 Å². The predicted molar refractivity (Wildman–Crippen MR) is 80.7 cm³/mol. The molecule has 0 spiro atoms. The van der Waals surface area contributed by atoms with E-state index >= 15 is 0 Å². The Hall–Kier alpha value is -1.68. The molecular weight excluding hydrogens is 277 g/mol. The molecule has 0 atom stereocenters. The summed E-state index contributed by atoms with van der Waals surface area (Å²) < 4.78 is 13.5. The number of nitrogens with one attached hydrogen (secondary N) is 1. The molecule has 1 aromatic heterocycles. The monoisotopic (exact) mass is 293 g/mol. The standard InChI is InChI=1S/C15H17ClFN3/c1-4-5-18-15-9(2)14(19-10(3)20-15)11-6-12(16)8-13(17)7-11/h6-8H,4-5H2,1-3H3,(H,18,19,20). The molecule has 0 radical (unpaired) electrons. The highest BCUT2D eigenvalue weighted by atomic mass is 35.5. The lowest BCUT2D eigenvalue weighted by Crippen LogP contribution is -2.07. The highest BCUT2D eigenvalue weighted by molar-refractivity contribution is 6.30. The lowest BCUT2D eigenvalue weighted by atomic mass is 10.1. The zero-order valence-corrected chi connectivity index (χ0v) is 12.6. The summed E-state index contributed by atoms with van der Waals surface area (Å²) in [5.41, 5.74) is 2.26. The van der Waals surface area contributed by atoms with E-state index in [0.29, 0.717) is 22.1 Å². The van der Waals surface area contributed by atoms with Crippen LogP contribution in [0.5, 0.6) is 0 Å². The van der Waals surface area contributed by atoms with Crippen LogP contribution < -0.4 is 5.32 Å². The average molecular weight is 294 g/mol. The fourth-order valence-corrected chi connectivity index (χ4v) is 2.24. The fraction of sp³-hybridized carbons (Fsp3) is 0.333. The van der Waals surface area contributed by atoms with Crippen LogP contribution in [0.25, 0.3) is 11.3 Å². The van der Waals surface area contributed by atoms with E-state index in [0.717, 1.165) is 24.3 Å². The molecule has 2 rings (SSSR count). The summed E-state index contributed by atoms with van der Waals surface area (Å²) in [6.45, 7) is 6.66. The van der Waals surface area contributed by atoms with Crippen LogP contribution in [-0.4, -0.2) is 16.5 Å². The molecule has 0 bridgehead atoms. The molecule has 0 aliphatic rings. The molecule has 0 aliphatic carbocycles. The Balaban J connectivity index is 2.52. The van der Waals surface area contributed by atoms with Gasteiger partial charge in [0.05, 0.1) is 5.69 Å². The Labute approximate surface area is 123 Å². The van der Waals surface area contributed by atoms with Gasteiger partial charge in [-0.2, -0.15) is 0 Å². The molecule has 20 heavy (non-hydrogen) atoms. The lowest BCUT2D eigenvalue weighted by Gasteiger charge is -2.13. The molecule has 0 fully saturated rings. The third-order valence-electron chi connectivity index (χ3n) is 2.94. The Morgan fingerprint density at radius 3 is 2.60 bits per heavy atom. The van der Waals surface area contributed by atoms with E-state index < -0.39 is 0 Å². The Morgan fingerprint density at radius 2 is 1.95 bits per heavy atom. The summed E-state index contributed by atoms with van der Waals surface area (Å²) >= 11 is 5.92. The normalized spacial score (nSPS) is 10.7. The van der Waals surface area contributed by atoms with Gasteiger partial charge in [0.15, 0.2) is 0 Å². The molecule has 1 aromatic carbocycles. The number of hydrogen-bond acceptors (Lipinski definition) is 3. The van der Waals surface area contributed by atoms with Gasteiger partial charge in [-0.3, -0.25) is 0 Å². The van der Waals surface area contributed by atoms with E-state index in [4.69, 9.17) is 11.6 Å². The summed E-state index contributed by atoms with van der Waals surface area (Å²) in [6.07, 6.45) is 1.00. The van der Waals surface area contributed by atoms with Gasteiger partial charge >= 0.3 is 0 Å². The first-order chi connectivity index (χ1) is 9.51. The summed E-state index contributed by atoms with van der Waals surface area (Å²) in [5.74, 6) is 1.06. The Bertz CT molecular complexity index is 609. The number of nitrogens with zero attached hydrogens (tertiary/aromatic N) is 2. The minimum atomic E-state index is -0.369. The summed E-state index contributed by atoms with van der Waals surface area (Å²) in [7, 11) is 0.